The van der Waals surface area contributed by atoms with E-state index in [9.17, 15) is 9.59 Å². The van der Waals surface area contributed by atoms with Crippen molar-refractivity contribution in [3.05, 3.63) is 116 Å². The highest BCUT2D eigenvalue weighted by atomic mass is 32.1. The van der Waals surface area contributed by atoms with Crippen LogP contribution in [0.1, 0.15) is 34.0 Å². The Bertz CT molecular complexity index is 2070. The van der Waals surface area contributed by atoms with Gasteiger partial charge in [0.15, 0.2) is 11.5 Å². The van der Waals surface area contributed by atoms with Gasteiger partial charge in [0.25, 0.3) is 11.1 Å². The maximum atomic E-state index is 14.3. The molecule has 4 heterocycles. The molecule has 0 aliphatic heterocycles. The lowest BCUT2D eigenvalue weighted by Crippen LogP contribution is -2.25. The molecule has 0 amide bonds. The third kappa shape index (κ3) is 4.37. The number of aromatic amines is 2. The number of aromatic nitrogens is 6. The number of para-hydroxylation sites is 2. The minimum atomic E-state index is -0.737. The minimum Gasteiger partial charge on any atom is -0.493 e. The van der Waals surface area contributed by atoms with Crippen molar-refractivity contribution in [1.82, 2.24) is 29.5 Å². The van der Waals surface area contributed by atoms with E-state index < -0.39 is 5.92 Å². The summed E-state index contributed by atoms with van der Waals surface area (Å²) in [6, 6.07) is 20.9. The zero-order valence-corrected chi connectivity index (χ0v) is 25.3. The van der Waals surface area contributed by atoms with Gasteiger partial charge in [-0.15, -0.1) is 0 Å². The fourth-order valence-electron chi connectivity index (χ4n) is 5.49. The van der Waals surface area contributed by atoms with Crippen molar-refractivity contribution in [2.24, 2.45) is 0 Å². The van der Waals surface area contributed by atoms with Crippen LogP contribution < -0.4 is 20.6 Å². The quantitative estimate of drug-likeness (QED) is 0.240. The van der Waals surface area contributed by atoms with E-state index in [1.807, 2.05) is 74.5 Å². The zero-order chi connectivity index (χ0) is 29.8. The van der Waals surface area contributed by atoms with Gasteiger partial charge in [-0.05, 0) is 55.8 Å². The first-order chi connectivity index (χ1) is 20.9. The number of hydrogen-bond donors (Lipinski definition) is 2. The summed E-state index contributed by atoms with van der Waals surface area (Å²) in [5, 5.41) is 7.48. The van der Waals surface area contributed by atoms with Crippen LogP contribution in [-0.4, -0.2) is 43.7 Å². The molecule has 3 aromatic carbocycles. The summed E-state index contributed by atoms with van der Waals surface area (Å²) >= 11 is 2.83. The third-order valence-corrected chi connectivity index (χ3v) is 9.54. The number of rotatable bonds is 7. The summed E-state index contributed by atoms with van der Waals surface area (Å²) in [4.78, 5) is 37.9. The average Bonchev–Trinajstić information content (AvgIpc) is 3.78. The van der Waals surface area contributed by atoms with Crippen LogP contribution in [-0.2, 0) is 0 Å². The van der Waals surface area contributed by atoms with Crippen molar-refractivity contribution >= 4 is 43.1 Å². The number of nitrogens with zero attached hydrogens (tertiary/aromatic N) is 4. The number of H-pyrrole nitrogens is 2. The molecule has 0 bridgehead atoms. The predicted octanol–water partition coefficient (Wildman–Crippen LogP) is 5.68. The van der Waals surface area contributed by atoms with Gasteiger partial charge < -0.3 is 9.47 Å². The van der Waals surface area contributed by atoms with E-state index in [0.717, 1.165) is 20.4 Å². The Labute approximate surface area is 252 Å². The third-order valence-electron chi connectivity index (χ3n) is 7.50. The second-order valence-corrected chi connectivity index (χ2v) is 12.1. The first kappa shape index (κ1) is 26.9. The molecule has 0 atom stereocenters. The summed E-state index contributed by atoms with van der Waals surface area (Å²) in [7, 11) is 3.12. The Morgan fingerprint density at radius 2 is 1.19 bits per heavy atom. The van der Waals surface area contributed by atoms with Gasteiger partial charge >= 0.3 is 0 Å². The van der Waals surface area contributed by atoms with E-state index in [4.69, 9.17) is 9.47 Å². The maximum Gasteiger partial charge on any atom is 0.277 e. The van der Waals surface area contributed by atoms with Gasteiger partial charge in [0.1, 0.15) is 0 Å². The number of aryl methyl sites for hydroxylation is 2. The molecule has 0 aliphatic rings. The highest BCUT2D eigenvalue weighted by Gasteiger charge is 2.32. The molecule has 0 radical (unpaired) electrons. The standard InChI is InChI=1S/C31H26N6O4S2/c1-16-25(28(38)36(34-16)30-32-19-9-5-7-11-23(19)42-30)27(18-13-14-21(40-3)22(15-18)41-4)26-17(2)35-37(29(26)39)31-33-20-10-6-8-12-24(20)43-31/h5-15,27,34-35H,1-4H3. The van der Waals surface area contributed by atoms with E-state index in [1.54, 1.807) is 20.3 Å². The van der Waals surface area contributed by atoms with Gasteiger partial charge in [0.05, 0.1) is 45.8 Å². The summed E-state index contributed by atoms with van der Waals surface area (Å²) in [6.45, 7) is 3.67. The Balaban J connectivity index is 1.46. The smallest absolute Gasteiger partial charge is 0.277 e. The highest BCUT2D eigenvalue weighted by molar-refractivity contribution is 7.21. The fraction of sp³-hybridized carbons (Fsp3) is 0.161. The molecule has 12 heteroatoms. The maximum absolute atomic E-state index is 14.3. The summed E-state index contributed by atoms with van der Waals surface area (Å²) < 4.78 is 15.9. The van der Waals surface area contributed by atoms with Crippen LogP contribution in [0.25, 0.3) is 30.7 Å². The molecule has 216 valence electrons. The van der Waals surface area contributed by atoms with Crippen molar-refractivity contribution in [3.63, 3.8) is 0 Å². The molecule has 2 N–H and O–H groups in total. The van der Waals surface area contributed by atoms with E-state index in [-0.39, 0.29) is 11.1 Å². The Kier molecular flexibility index (Phi) is 6.51. The van der Waals surface area contributed by atoms with Crippen molar-refractivity contribution < 1.29 is 9.47 Å². The van der Waals surface area contributed by atoms with Crippen LogP contribution >= 0.6 is 22.7 Å². The minimum absolute atomic E-state index is 0.289. The molecule has 0 unspecified atom stereocenters. The molecule has 7 rings (SSSR count). The van der Waals surface area contributed by atoms with E-state index in [2.05, 4.69) is 20.2 Å². The zero-order valence-electron chi connectivity index (χ0n) is 23.7. The van der Waals surface area contributed by atoms with Crippen molar-refractivity contribution in [1.29, 1.82) is 0 Å². The van der Waals surface area contributed by atoms with Crippen LogP contribution in [0.2, 0.25) is 0 Å². The van der Waals surface area contributed by atoms with Gasteiger partial charge in [0, 0.05) is 17.3 Å². The number of nitrogens with one attached hydrogen (secondary N) is 2. The number of benzene rings is 3. The second-order valence-electron chi connectivity index (χ2n) is 10.1. The largest absolute Gasteiger partial charge is 0.493 e. The van der Waals surface area contributed by atoms with Crippen LogP contribution in [0, 0.1) is 13.8 Å². The monoisotopic (exact) mass is 610 g/mol. The molecule has 0 fully saturated rings. The molecular formula is C31H26N6O4S2. The average molecular weight is 611 g/mol. The van der Waals surface area contributed by atoms with Gasteiger partial charge in [-0.3, -0.25) is 19.8 Å². The first-order valence-electron chi connectivity index (χ1n) is 13.4. The van der Waals surface area contributed by atoms with Gasteiger partial charge in [-0.1, -0.05) is 53.0 Å². The number of ether oxygens (including phenoxy) is 2. The van der Waals surface area contributed by atoms with E-state index in [0.29, 0.717) is 49.8 Å². The number of methoxy groups -OCH3 is 2. The Hall–Kier alpha value is -4.94. The van der Waals surface area contributed by atoms with Crippen LogP contribution in [0.15, 0.2) is 76.3 Å². The van der Waals surface area contributed by atoms with Gasteiger partial charge in [-0.2, -0.15) is 9.36 Å². The van der Waals surface area contributed by atoms with Crippen LogP contribution in [0.3, 0.4) is 0 Å². The molecule has 0 spiro atoms. The molecule has 43 heavy (non-hydrogen) atoms. The number of thiazole rings is 2. The lowest BCUT2D eigenvalue weighted by Gasteiger charge is -2.18. The van der Waals surface area contributed by atoms with Crippen LogP contribution in [0.5, 0.6) is 11.5 Å². The second kappa shape index (κ2) is 10.4. The fourth-order valence-corrected chi connectivity index (χ4v) is 7.34. The normalized spacial score (nSPS) is 11.7. The molecule has 0 saturated heterocycles. The lowest BCUT2D eigenvalue weighted by atomic mass is 9.85. The molecule has 4 aromatic heterocycles. The highest BCUT2D eigenvalue weighted by Crippen LogP contribution is 2.37. The van der Waals surface area contributed by atoms with Gasteiger partial charge in [0.2, 0.25) is 10.3 Å². The summed E-state index contributed by atoms with van der Waals surface area (Å²) in [5.74, 6) is 0.295. The molecular weight excluding hydrogens is 585 g/mol. The van der Waals surface area contributed by atoms with E-state index >= 15 is 0 Å². The Morgan fingerprint density at radius 1 is 0.698 bits per heavy atom. The summed E-state index contributed by atoms with van der Waals surface area (Å²) in [5.41, 5.74) is 3.84. The van der Waals surface area contributed by atoms with Crippen molar-refractivity contribution in [3.8, 4) is 21.8 Å². The Morgan fingerprint density at radius 3 is 1.65 bits per heavy atom. The predicted molar refractivity (Wildman–Crippen MR) is 169 cm³/mol. The van der Waals surface area contributed by atoms with E-state index in [1.165, 1.54) is 32.0 Å². The summed E-state index contributed by atoms with van der Waals surface area (Å²) in [6.07, 6.45) is 0. The molecule has 7 aromatic rings. The lowest BCUT2D eigenvalue weighted by molar-refractivity contribution is 0.354. The SMILES string of the molecule is COc1ccc(C(c2c(C)[nH]n(-c3nc4ccccc4s3)c2=O)c2c(C)[nH]n(-c3nc4ccccc4s3)c2=O)cc1OC. The first-order valence-corrected chi connectivity index (χ1v) is 15.1. The topological polar surface area (TPSA) is 120 Å². The van der Waals surface area contributed by atoms with Crippen LogP contribution in [0.4, 0.5) is 0 Å². The van der Waals surface area contributed by atoms with Gasteiger partial charge in [-0.25, -0.2) is 9.97 Å². The molecule has 0 saturated carbocycles. The molecule has 0 aliphatic carbocycles. The van der Waals surface area contributed by atoms with Crippen molar-refractivity contribution in [2.75, 3.05) is 14.2 Å². The van der Waals surface area contributed by atoms with Crippen molar-refractivity contribution in [2.45, 2.75) is 19.8 Å². The molecule has 10 nitrogen and oxygen atoms in total. The number of fused-ring (bicyclic) bond motifs is 2. The number of hydrogen-bond acceptors (Lipinski definition) is 8.